The largest absolute Gasteiger partial charge is 0.370 e. The van der Waals surface area contributed by atoms with Gasteiger partial charge in [-0.25, -0.2) is 4.79 Å². The molecular formula is C15H22N6O2. The number of aromatic nitrogens is 1. The molecule has 1 aromatic heterocycles. The number of piperidine rings is 1. The number of hydrogen-bond acceptors (Lipinski definition) is 4. The maximum Gasteiger partial charge on any atom is 0.320 e. The van der Waals surface area contributed by atoms with Crippen molar-refractivity contribution in [1.82, 2.24) is 15.0 Å². The topological polar surface area (TPSA) is 114 Å². The molecule has 124 valence electrons. The highest BCUT2D eigenvalue weighted by molar-refractivity contribution is 5.78. The first-order chi connectivity index (χ1) is 11.0. The average Bonchev–Trinajstić information content (AvgIpc) is 3.04. The highest BCUT2D eigenvalue weighted by Crippen LogP contribution is 2.42. The van der Waals surface area contributed by atoms with Crippen LogP contribution in [0.15, 0.2) is 15.6 Å². The summed E-state index contributed by atoms with van der Waals surface area (Å²) in [4.78, 5) is 20.2. The summed E-state index contributed by atoms with van der Waals surface area (Å²) in [7, 11) is 1.88. The van der Waals surface area contributed by atoms with Crippen LogP contribution in [0.5, 0.6) is 0 Å². The van der Waals surface area contributed by atoms with Gasteiger partial charge in [-0.2, -0.15) is 0 Å². The molecule has 2 saturated heterocycles. The molecule has 1 aliphatic carbocycles. The predicted molar refractivity (Wildman–Crippen MR) is 83.7 cm³/mol. The minimum absolute atomic E-state index is 0.0368. The van der Waals surface area contributed by atoms with Gasteiger partial charge < -0.3 is 25.8 Å². The summed E-state index contributed by atoms with van der Waals surface area (Å²) in [5, 5.41) is 4.23. The zero-order chi connectivity index (χ0) is 16.1. The summed E-state index contributed by atoms with van der Waals surface area (Å²) in [5.74, 6) is 1.34. The summed E-state index contributed by atoms with van der Waals surface area (Å²) in [6.07, 6.45) is 3.71. The summed E-state index contributed by atoms with van der Waals surface area (Å²) in [6.45, 7) is 0.790. The minimum atomic E-state index is 0.0368. The van der Waals surface area contributed by atoms with E-state index in [0.29, 0.717) is 12.0 Å². The molecule has 4 N–H and O–H groups in total. The predicted octanol–water partition coefficient (Wildman–Crippen LogP) is 0.765. The van der Waals surface area contributed by atoms with Gasteiger partial charge in [0.25, 0.3) is 0 Å². The highest BCUT2D eigenvalue weighted by Gasteiger charge is 2.44. The van der Waals surface area contributed by atoms with E-state index < -0.39 is 0 Å². The van der Waals surface area contributed by atoms with E-state index in [-0.39, 0.29) is 24.1 Å². The third kappa shape index (κ3) is 2.32. The monoisotopic (exact) mass is 318 g/mol. The molecule has 1 aromatic rings. The van der Waals surface area contributed by atoms with Crippen molar-refractivity contribution in [3.05, 3.63) is 17.5 Å². The van der Waals surface area contributed by atoms with Gasteiger partial charge in [0.05, 0.1) is 18.1 Å². The Morgan fingerprint density at radius 2 is 2.17 bits per heavy atom. The Kier molecular flexibility index (Phi) is 3.21. The molecule has 0 spiro atoms. The molecule has 2 bridgehead atoms. The van der Waals surface area contributed by atoms with Crippen molar-refractivity contribution < 1.29 is 9.32 Å². The van der Waals surface area contributed by atoms with Crippen molar-refractivity contribution in [3.63, 3.8) is 0 Å². The SMILES string of the molecule is CN1C(=O)N2C[C@H]1CC[C@H]2c1cc(C2CC(N=C(N)N)C2)on1. The van der Waals surface area contributed by atoms with Gasteiger partial charge in [-0.15, -0.1) is 0 Å². The van der Waals surface area contributed by atoms with Gasteiger partial charge in [-0.3, -0.25) is 4.99 Å². The normalized spacial score (nSPS) is 32.8. The van der Waals surface area contributed by atoms with E-state index in [1.54, 1.807) is 0 Å². The van der Waals surface area contributed by atoms with Crippen LogP contribution in [0, 0.1) is 0 Å². The van der Waals surface area contributed by atoms with E-state index in [9.17, 15) is 4.79 Å². The van der Waals surface area contributed by atoms with Gasteiger partial charge in [0.15, 0.2) is 5.96 Å². The Balaban J connectivity index is 1.45. The standard InChI is InChI=1S/C15H22N6O2/c1-20-10-2-3-12(21(7-10)15(20)22)11-6-13(23-19-11)8-4-9(5-8)18-14(16)17/h6,8-10,12H,2-5,7H2,1H3,(H4,16,17,18)/t8?,9?,10-,12+/m1/s1. The molecule has 3 heterocycles. The average molecular weight is 318 g/mol. The molecule has 2 atom stereocenters. The van der Waals surface area contributed by atoms with Crippen LogP contribution in [0.1, 0.15) is 49.1 Å². The number of carbonyl (C=O) groups excluding carboxylic acids is 1. The van der Waals surface area contributed by atoms with Crippen LogP contribution in [-0.4, -0.2) is 52.6 Å². The number of hydrogen-bond donors (Lipinski definition) is 2. The van der Waals surface area contributed by atoms with Crippen LogP contribution >= 0.6 is 0 Å². The number of fused-ring (bicyclic) bond motifs is 2. The lowest BCUT2D eigenvalue weighted by Gasteiger charge is -2.30. The number of urea groups is 1. The summed E-state index contributed by atoms with van der Waals surface area (Å²) in [6, 6.07) is 2.67. The minimum Gasteiger partial charge on any atom is -0.370 e. The van der Waals surface area contributed by atoms with Gasteiger partial charge in [-0.05, 0) is 25.7 Å². The quantitative estimate of drug-likeness (QED) is 0.631. The van der Waals surface area contributed by atoms with E-state index in [1.165, 1.54) is 0 Å². The summed E-state index contributed by atoms with van der Waals surface area (Å²) in [5.41, 5.74) is 11.7. The Bertz CT molecular complexity index is 646. The number of nitrogens with two attached hydrogens (primary N) is 2. The fourth-order valence-corrected chi connectivity index (χ4v) is 3.94. The molecule has 3 aliphatic rings. The second kappa shape index (κ2) is 5.14. The molecule has 0 aromatic carbocycles. The van der Waals surface area contributed by atoms with Gasteiger partial charge in [0.1, 0.15) is 11.5 Å². The van der Waals surface area contributed by atoms with Crippen molar-refractivity contribution in [2.75, 3.05) is 13.6 Å². The second-order valence-corrected chi connectivity index (χ2v) is 6.82. The number of nitrogens with zero attached hydrogens (tertiary/aromatic N) is 4. The maximum atomic E-state index is 12.3. The lowest BCUT2D eigenvalue weighted by Crippen LogP contribution is -2.34. The summed E-state index contributed by atoms with van der Waals surface area (Å²) < 4.78 is 5.53. The molecule has 2 amide bonds. The maximum absolute atomic E-state index is 12.3. The molecule has 8 nitrogen and oxygen atoms in total. The highest BCUT2D eigenvalue weighted by atomic mass is 16.5. The van der Waals surface area contributed by atoms with Gasteiger partial charge in [0, 0.05) is 25.6 Å². The number of carbonyl (C=O) groups is 1. The Hall–Kier alpha value is -2.25. The molecule has 3 fully saturated rings. The van der Waals surface area contributed by atoms with Gasteiger partial charge >= 0.3 is 6.03 Å². The zero-order valence-electron chi connectivity index (χ0n) is 13.2. The Morgan fingerprint density at radius 3 is 2.91 bits per heavy atom. The van der Waals surface area contributed by atoms with Crippen LogP contribution in [-0.2, 0) is 0 Å². The lowest BCUT2D eigenvalue weighted by atomic mass is 9.79. The number of rotatable bonds is 3. The van der Waals surface area contributed by atoms with Crippen molar-refractivity contribution in [1.29, 1.82) is 0 Å². The third-order valence-electron chi connectivity index (χ3n) is 5.39. The second-order valence-electron chi connectivity index (χ2n) is 6.82. The van der Waals surface area contributed by atoms with E-state index in [0.717, 1.165) is 43.7 Å². The van der Waals surface area contributed by atoms with Crippen LogP contribution < -0.4 is 11.5 Å². The fourth-order valence-electron chi connectivity index (χ4n) is 3.94. The first-order valence-corrected chi connectivity index (χ1v) is 8.11. The van der Waals surface area contributed by atoms with Crippen molar-refractivity contribution in [2.24, 2.45) is 16.5 Å². The van der Waals surface area contributed by atoms with E-state index in [2.05, 4.69) is 10.1 Å². The summed E-state index contributed by atoms with van der Waals surface area (Å²) >= 11 is 0. The Morgan fingerprint density at radius 1 is 1.39 bits per heavy atom. The van der Waals surface area contributed by atoms with Crippen molar-refractivity contribution in [2.45, 2.75) is 49.7 Å². The van der Waals surface area contributed by atoms with E-state index >= 15 is 0 Å². The van der Waals surface area contributed by atoms with Crippen molar-refractivity contribution >= 4 is 12.0 Å². The Labute approximate surface area is 134 Å². The molecular weight excluding hydrogens is 296 g/mol. The lowest BCUT2D eigenvalue weighted by molar-refractivity contribution is 0.177. The fraction of sp³-hybridized carbons (Fsp3) is 0.667. The number of guanidine groups is 1. The first-order valence-electron chi connectivity index (χ1n) is 8.11. The zero-order valence-corrected chi connectivity index (χ0v) is 13.2. The van der Waals surface area contributed by atoms with Gasteiger partial charge in [-0.1, -0.05) is 5.16 Å². The number of aliphatic imine (C=N–C) groups is 1. The van der Waals surface area contributed by atoms with Crippen LogP contribution in [0.3, 0.4) is 0 Å². The smallest absolute Gasteiger partial charge is 0.320 e. The van der Waals surface area contributed by atoms with E-state index in [1.807, 2.05) is 22.9 Å². The number of amides is 2. The van der Waals surface area contributed by atoms with Crippen LogP contribution in [0.2, 0.25) is 0 Å². The third-order valence-corrected chi connectivity index (χ3v) is 5.39. The molecule has 4 rings (SSSR count). The molecule has 0 radical (unpaired) electrons. The number of likely N-dealkylation sites (N-methyl/N-ethyl adjacent to an activating group) is 1. The molecule has 2 aliphatic heterocycles. The molecule has 0 unspecified atom stereocenters. The molecule has 1 saturated carbocycles. The van der Waals surface area contributed by atoms with Crippen LogP contribution in [0.4, 0.5) is 4.79 Å². The van der Waals surface area contributed by atoms with Crippen LogP contribution in [0.25, 0.3) is 0 Å². The van der Waals surface area contributed by atoms with Gasteiger partial charge in [0.2, 0.25) is 0 Å². The van der Waals surface area contributed by atoms with Crippen molar-refractivity contribution in [3.8, 4) is 0 Å². The molecule has 23 heavy (non-hydrogen) atoms. The molecule has 8 heteroatoms. The van der Waals surface area contributed by atoms with E-state index in [4.69, 9.17) is 16.0 Å². The first kappa shape index (κ1) is 14.3.